The monoisotopic (exact) mass is 307 g/mol. The number of anilines is 1. The number of benzene rings is 1. The summed E-state index contributed by atoms with van der Waals surface area (Å²) in [6.07, 6.45) is 1.84. The number of nitrogen functional groups attached to an aromatic ring is 1. The van der Waals surface area contributed by atoms with Gasteiger partial charge in [-0.3, -0.25) is 4.79 Å². The van der Waals surface area contributed by atoms with E-state index in [1.165, 1.54) is 30.5 Å². The van der Waals surface area contributed by atoms with Crippen LogP contribution in [0.5, 0.6) is 0 Å². The molecule has 0 bridgehead atoms. The fourth-order valence-electron chi connectivity index (χ4n) is 1.97. The average molecular weight is 308 g/mol. The van der Waals surface area contributed by atoms with Gasteiger partial charge in [-0.1, -0.05) is 24.6 Å². The van der Waals surface area contributed by atoms with Crippen LogP contribution in [0.3, 0.4) is 0 Å². The zero-order chi connectivity index (χ0) is 15.6. The minimum absolute atomic E-state index is 0.0429. The van der Waals surface area contributed by atoms with E-state index in [1.54, 1.807) is 0 Å². The van der Waals surface area contributed by atoms with Crippen LogP contribution in [0, 0.1) is 5.82 Å². The highest BCUT2D eigenvalue weighted by Crippen LogP contribution is 2.28. The first kappa shape index (κ1) is 15.4. The third-order valence-corrected chi connectivity index (χ3v) is 3.55. The molecule has 0 aliphatic heterocycles. The Kier molecular flexibility index (Phi) is 4.55. The molecule has 0 amide bonds. The van der Waals surface area contributed by atoms with Gasteiger partial charge in [-0.2, -0.15) is 0 Å². The van der Waals surface area contributed by atoms with Crippen molar-refractivity contribution in [2.75, 3.05) is 5.73 Å². The Morgan fingerprint density at radius 1 is 1.38 bits per heavy atom. The Morgan fingerprint density at radius 3 is 2.67 bits per heavy atom. The first-order valence-electron chi connectivity index (χ1n) is 6.45. The van der Waals surface area contributed by atoms with Crippen LogP contribution in [-0.4, -0.2) is 10.8 Å². The summed E-state index contributed by atoms with van der Waals surface area (Å²) in [5.41, 5.74) is 11.6. The van der Waals surface area contributed by atoms with Crippen LogP contribution in [0.2, 0.25) is 5.02 Å². The SMILES string of the molecule is CCC(N)c1ccc(Cl)c(C(=O)c2ccc(N)nc2)c1F. The first-order valence-corrected chi connectivity index (χ1v) is 6.83. The zero-order valence-corrected chi connectivity index (χ0v) is 12.2. The Bertz CT molecular complexity index is 673. The molecule has 1 heterocycles. The molecule has 0 saturated carbocycles. The first-order chi connectivity index (χ1) is 9.95. The lowest BCUT2D eigenvalue weighted by Gasteiger charge is -2.14. The van der Waals surface area contributed by atoms with Crippen LogP contribution in [0.4, 0.5) is 10.2 Å². The minimum atomic E-state index is -0.682. The Labute approximate surface area is 126 Å². The van der Waals surface area contributed by atoms with Gasteiger partial charge in [-0.05, 0) is 24.6 Å². The fraction of sp³-hybridized carbons (Fsp3) is 0.200. The summed E-state index contributed by atoms with van der Waals surface area (Å²) in [7, 11) is 0. The van der Waals surface area contributed by atoms with E-state index < -0.39 is 17.6 Å². The van der Waals surface area contributed by atoms with E-state index in [0.717, 1.165) is 0 Å². The number of carbonyl (C=O) groups excluding carboxylic acids is 1. The lowest BCUT2D eigenvalue weighted by molar-refractivity contribution is 0.103. The molecule has 0 radical (unpaired) electrons. The summed E-state index contributed by atoms with van der Waals surface area (Å²) in [5.74, 6) is -0.950. The van der Waals surface area contributed by atoms with Crippen LogP contribution < -0.4 is 11.5 Å². The van der Waals surface area contributed by atoms with E-state index in [1.807, 2.05) is 6.92 Å². The number of hydrogen-bond acceptors (Lipinski definition) is 4. The number of halogens is 2. The maximum atomic E-state index is 14.6. The van der Waals surface area contributed by atoms with Gasteiger partial charge in [0.1, 0.15) is 11.6 Å². The zero-order valence-electron chi connectivity index (χ0n) is 11.4. The second kappa shape index (κ2) is 6.20. The van der Waals surface area contributed by atoms with E-state index in [0.29, 0.717) is 6.42 Å². The molecule has 21 heavy (non-hydrogen) atoms. The smallest absolute Gasteiger partial charge is 0.199 e. The summed E-state index contributed by atoms with van der Waals surface area (Å²) < 4.78 is 14.6. The van der Waals surface area contributed by atoms with E-state index >= 15 is 0 Å². The number of ketones is 1. The van der Waals surface area contributed by atoms with Crippen molar-refractivity contribution in [1.82, 2.24) is 4.98 Å². The summed E-state index contributed by atoms with van der Waals surface area (Å²) in [6, 6.07) is 5.45. The fourth-order valence-corrected chi connectivity index (χ4v) is 2.20. The highest BCUT2D eigenvalue weighted by molar-refractivity contribution is 6.35. The lowest BCUT2D eigenvalue weighted by atomic mass is 9.97. The van der Waals surface area contributed by atoms with Crippen LogP contribution in [0.15, 0.2) is 30.5 Å². The van der Waals surface area contributed by atoms with Gasteiger partial charge in [-0.25, -0.2) is 9.37 Å². The molecule has 6 heteroatoms. The normalized spacial score (nSPS) is 12.2. The molecule has 0 saturated heterocycles. The molecule has 1 unspecified atom stereocenters. The van der Waals surface area contributed by atoms with Crippen molar-refractivity contribution in [3.63, 3.8) is 0 Å². The van der Waals surface area contributed by atoms with Crippen LogP contribution >= 0.6 is 11.6 Å². The van der Waals surface area contributed by atoms with Crippen molar-refractivity contribution in [2.45, 2.75) is 19.4 Å². The Balaban J connectivity index is 2.52. The van der Waals surface area contributed by atoms with Crippen LogP contribution in [0.25, 0.3) is 0 Å². The average Bonchev–Trinajstić information content (AvgIpc) is 2.47. The molecule has 1 aromatic heterocycles. The van der Waals surface area contributed by atoms with Gasteiger partial charge in [0, 0.05) is 23.4 Å². The van der Waals surface area contributed by atoms with Gasteiger partial charge in [0.25, 0.3) is 0 Å². The van der Waals surface area contributed by atoms with Gasteiger partial charge in [0.15, 0.2) is 5.78 Å². The van der Waals surface area contributed by atoms with Crippen LogP contribution in [-0.2, 0) is 0 Å². The molecule has 1 aromatic carbocycles. The van der Waals surface area contributed by atoms with E-state index in [4.69, 9.17) is 23.1 Å². The van der Waals surface area contributed by atoms with Crippen molar-refractivity contribution in [3.05, 3.63) is 58.0 Å². The third-order valence-electron chi connectivity index (χ3n) is 3.24. The minimum Gasteiger partial charge on any atom is -0.384 e. The molecule has 0 aliphatic rings. The number of aromatic nitrogens is 1. The third kappa shape index (κ3) is 3.04. The Hall–Kier alpha value is -1.98. The van der Waals surface area contributed by atoms with E-state index in [2.05, 4.69) is 4.98 Å². The highest BCUT2D eigenvalue weighted by Gasteiger charge is 2.22. The molecule has 0 spiro atoms. The molecular weight excluding hydrogens is 293 g/mol. The number of nitrogens with zero attached hydrogens (tertiary/aromatic N) is 1. The standard InChI is InChI=1S/C15H15ClFN3O/c1-2-11(18)9-4-5-10(16)13(14(9)17)15(21)8-3-6-12(19)20-7-8/h3-7,11H,2,18H2,1H3,(H2,19,20). The van der Waals surface area contributed by atoms with E-state index in [9.17, 15) is 9.18 Å². The second-order valence-electron chi connectivity index (χ2n) is 4.64. The molecule has 2 aromatic rings. The highest BCUT2D eigenvalue weighted by atomic mass is 35.5. The lowest BCUT2D eigenvalue weighted by Crippen LogP contribution is -2.15. The van der Waals surface area contributed by atoms with E-state index in [-0.39, 0.29) is 27.5 Å². The predicted octanol–water partition coefficient (Wildman–Crippen LogP) is 3.10. The van der Waals surface area contributed by atoms with Gasteiger partial charge in [0.05, 0.1) is 10.6 Å². The van der Waals surface area contributed by atoms with Crippen molar-refractivity contribution in [3.8, 4) is 0 Å². The number of hydrogen-bond donors (Lipinski definition) is 2. The maximum Gasteiger partial charge on any atom is 0.199 e. The maximum absolute atomic E-state index is 14.6. The second-order valence-corrected chi connectivity index (χ2v) is 5.05. The van der Waals surface area contributed by atoms with Crippen molar-refractivity contribution in [1.29, 1.82) is 0 Å². The summed E-state index contributed by atoms with van der Waals surface area (Å²) in [4.78, 5) is 16.2. The molecule has 0 aliphatic carbocycles. The van der Waals surface area contributed by atoms with Crippen molar-refractivity contribution >= 4 is 23.2 Å². The molecule has 1 atom stereocenters. The molecule has 2 rings (SSSR count). The Morgan fingerprint density at radius 2 is 2.10 bits per heavy atom. The molecule has 4 N–H and O–H groups in total. The number of rotatable bonds is 4. The molecule has 4 nitrogen and oxygen atoms in total. The molecular formula is C15H15ClFN3O. The number of carbonyl (C=O) groups is 1. The summed E-state index contributed by atoms with van der Waals surface area (Å²) >= 11 is 5.98. The van der Waals surface area contributed by atoms with Gasteiger partial charge in [-0.15, -0.1) is 0 Å². The van der Waals surface area contributed by atoms with Crippen molar-refractivity contribution in [2.24, 2.45) is 5.73 Å². The largest absolute Gasteiger partial charge is 0.384 e. The van der Waals surface area contributed by atoms with Gasteiger partial charge in [0.2, 0.25) is 0 Å². The van der Waals surface area contributed by atoms with Gasteiger partial charge < -0.3 is 11.5 Å². The quantitative estimate of drug-likeness (QED) is 0.850. The molecule has 110 valence electrons. The topological polar surface area (TPSA) is 82.0 Å². The summed E-state index contributed by atoms with van der Waals surface area (Å²) in [6.45, 7) is 1.84. The van der Waals surface area contributed by atoms with Crippen LogP contribution in [0.1, 0.15) is 40.9 Å². The number of pyridine rings is 1. The molecule has 0 fully saturated rings. The predicted molar refractivity (Wildman–Crippen MR) is 80.7 cm³/mol. The van der Waals surface area contributed by atoms with Crippen molar-refractivity contribution < 1.29 is 9.18 Å². The number of nitrogens with two attached hydrogens (primary N) is 2. The summed E-state index contributed by atoms with van der Waals surface area (Å²) in [5, 5.41) is 0.0429. The van der Waals surface area contributed by atoms with Gasteiger partial charge >= 0.3 is 0 Å².